The molecule has 0 spiro atoms. The summed E-state index contributed by atoms with van der Waals surface area (Å²) >= 11 is 0. The first-order valence-electron chi connectivity index (χ1n) is 5.30. The van der Waals surface area contributed by atoms with Gasteiger partial charge in [-0.05, 0) is 24.6 Å². The van der Waals surface area contributed by atoms with Crippen molar-refractivity contribution in [3.05, 3.63) is 23.3 Å². The fourth-order valence-corrected chi connectivity index (χ4v) is 1.97. The molecule has 0 saturated heterocycles. The van der Waals surface area contributed by atoms with Crippen molar-refractivity contribution in [2.45, 2.75) is 19.4 Å². The van der Waals surface area contributed by atoms with Crippen molar-refractivity contribution < 1.29 is 14.3 Å². The molecule has 1 aromatic carbocycles. The number of nitrogens with two attached hydrogens (primary N) is 1. The zero-order valence-electron chi connectivity index (χ0n) is 9.86. The van der Waals surface area contributed by atoms with E-state index in [2.05, 4.69) is 0 Å². The van der Waals surface area contributed by atoms with Gasteiger partial charge in [-0.15, -0.1) is 12.4 Å². The molecule has 0 fully saturated rings. The summed E-state index contributed by atoms with van der Waals surface area (Å²) in [7, 11) is 1.58. The van der Waals surface area contributed by atoms with E-state index in [1.165, 1.54) is 0 Å². The molecule has 2 rings (SSSR count). The van der Waals surface area contributed by atoms with Crippen LogP contribution in [0.4, 0.5) is 0 Å². The van der Waals surface area contributed by atoms with Crippen LogP contribution in [0.25, 0.3) is 0 Å². The van der Waals surface area contributed by atoms with E-state index in [0.717, 1.165) is 5.56 Å². The Morgan fingerprint density at radius 2 is 2.12 bits per heavy atom. The van der Waals surface area contributed by atoms with E-state index in [-0.39, 0.29) is 24.2 Å². The number of methoxy groups -OCH3 is 1. The number of benzene rings is 1. The molecule has 1 aliphatic rings. The second kappa shape index (κ2) is 5.38. The van der Waals surface area contributed by atoms with Crippen LogP contribution in [0.3, 0.4) is 0 Å². The highest BCUT2D eigenvalue weighted by Crippen LogP contribution is 2.38. The fourth-order valence-electron chi connectivity index (χ4n) is 1.97. The second-order valence-corrected chi connectivity index (χ2v) is 3.76. The second-order valence-electron chi connectivity index (χ2n) is 3.76. The van der Waals surface area contributed by atoms with E-state index < -0.39 is 0 Å². The zero-order valence-corrected chi connectivity index (χ0v) is 10.7. The van der Waals surface area contributed by atoms with Crippen LogP contribution >= 0.6 is 12.4 Å². The molecule has 17 heavy (non-hydrogen) atoms. The molecule has 1 aromatic rings. The maximum atomic E-state index is 11.7. The van der Waals surface area contributed by atoms with Gasteiger partial charge in [0.05, 0.1) is 13.7 Å². The van der Waals surface area contributed by atoms with Crippen molar-refractivity contribution in [2.24, 2.45) is 5.73 Å². The molecule has 2 N–H and O–H groups in total. The van der Waals surface area contributed by atoms with Crippen LogP contribution in [-0.2, 0) is 0 Å². The summed E-state index contributed by atoms with van der Waals surface area (Å²) in [6.45, 7) is 2.43. The summed E-state index contributed by atoms with van der Waals surface area (Å²) in [5.41, 5.74) is 7.38. The lowest BCUT2D eigenvalue weighted by molar-refractivity contribution is 0.0989. The highest BCUT2D eigenvalue weighted by molar-refractivity contribution is 6.01. The Balaban J connectivity index is 0.00000144. The van der Waals surface area contributed by atoms with Gasteiger partial charge in [0.2, 0.25) is 0 Å². The van der Waals surface area contributed by atoms with Crippen molar-refractivity contribution in [3.8, 4) is 11.5 Å². The van der Waals surface area contributed by atoms with Crippen molar-refractivity contribution in [1.82, 2.24) is 0 Å². The molecule has 0 bridgehead atoms. The van der Waals surface area contributed by atoms with Gasteiger partial charge in [-0.25, -0.2) is 0 Å². The van der Waals surface area contributed by atoms with E-state index in [1.807, 2.05) is 6.92 Å². The van der Waals surface area contributed by atoms with Crippen LogP contribution in [0.5, 0.6) is 11.5 Å². The van der Waals surface area contributed by atoms with Crippen molar-refractivity contribution >= 4 is 18.2 Å². The average Bonchev–Trinajstić information content (AvgIpc) is 2.54. The van der Waals surface area contributed by atoms with Gasteiger partial charge in [-0.1, -0.05) is 0 Å². The molecule has 0 amide bonds. The lowest BCUT2D eigenvalue weighted by Gasteiger charge is -2.12. The maximum absolute atomic E-state index is 11.7. The first-order valence-corrected chi connectivity index (χ1v) is 5.30. The van der Waals surface area contributed by atoms with Crippen LogP contribution in [0.15, 0.2) is 12.1 Å². The summed E-state index contributed by atoms with van der Waals surface area (Å²) in [5.74, 6) is 1.31. The minimum Gasteiger partial charge on any atom is -0.493 e. The minimum absolute atomic E-state index is 0. The third-order valence-corrected chi connectivity index (χ3v) is 2.74. The summed E-state index contributed by atoms with van der Waals surface area (Å²) in [4.78, 5) is 11.7. The molecule has 0 aliphatic heterocycles. The lowest BCUT2D eigenvalue weighted by Crippen LogP contribution is -2.06. The number of ether oxygens (including phenoxy) is 2. The number of hydrogen-bond donors (Lipinski definition) is 1. The molecular weight excluding hydrogens is 242 g/mol. The molecular formula is C12H16ClNO3. The number of Topliss-reactive ketones (excluding diaryl/α,β-unsaturated/α-hetero) is 1. The Kier molecular flexibility index (Phi) is 4.37. The Hall–Kier alpha value is -1.26. The van der Waals surface area contributed by atoms with Gasteiger partial charge < -0.3 is 15.2 Å². The quantitative estimate of drug-likeness (QED) is 0.901. The van der Waals surface area contributed by atoms with Crippen LogP contribution < -0.4 is 15.2 Å². The van der Waals surface area contributed by atoms with Crippen LogP contribution in [-0.4, -0.2) is 19.5 Å². The molecule has 0 heterocycles. The van der Waals surface area contributed by atoms with Gasteiger partial charge in [0.15, 0.2) is 17.3 Å². The number of carbonyl (C=O) groups is 1. The predicted octanol–water partition coefficient (Wildman–Crippen LogP) is 2.10. The highest BCUT2D eigenvalue weighted by Gasteiger charge is 2.28. The number of halogens is 1. The molecule has 1 unspecified atom stereocenters. The van der Waals surface area contributed by atoms with Gasteiger partial charge in [-0.2, -0.15) is 0 Å². The lowest BCUT2D eigenvalue weighted by atomic mass is 10.1. The number of carbonyl (C=O) groups excluding carboxylic acids is 1. The van der Waals surface area contributed by atoms with Gasteiger partial charge >= 0.3 is 0 Å². The molecule has 4 nitrogen and oxygen atoms in total. The van der Waals surface area contributed by atoms with Gasteiger partial charge in [0, 0.05) is 18.0 Å². The topological polar surface area (TPSA) is 61.6 Å². The standard InChI is InChI=1S/C12H15NO3.ClH/c1-3-16-12-5-8-7(4-11(12)15-2)9(13)6-10(8)14;/h4-5,9H,3,6,13H2,1-2H3;1H. The Morgan fingerprint density at radius 3 is 2.71 bits per heavy atom. The van der Waals surface area contributed by atoms with E-state index in [0.29, 0.717) is 30.1 Å². The monoisotopic (exact) mass is 257 g/mol. The van der Waals surface area contributed by atoms with Crippen LogP contribution in [0, 0.1) is 0 Å². The molecule has 0 radical (unpaired) electrons. The molecule has 1 aliphatic carbocycles. The van der Waals surface area contributed by atoms with Crippen molar-refractivity contribution in [1.29, 1.82) is 0 Å². The smallest absolute Gasteiger partial charge is 0.165 e. The normalized spacial score (nSPS) is 17.4. The molecule has 0 aromatic heterocycles. The number of rotatable bonds is 3. The highest BCUT2D eigenvalue weighted by atomic mass is 35.5. The maximum Gasteiger partial charge on any atom is 0.165 e. The molecule has 94 valence electrons. The van der Waals surface area contributed by atoms with Gasteiger partial charge in [0.25, 0.3) is 0 Å². The Morgan fingerprint density at radius 1 is 1.41 bits per heavy atom. The Bertz CT molecular complexity index is 434. The molecule has 5 heteroatoms. The first-order chi connectivity index (χ1) is 7.67. The van der Waals surface area contributed by atoms with E-state index in [1.54, 1.807) is 19.2 Å². The summed E-state index contributed by atoms with van der Waals surface area (Å²) in [5, 5.41) is 0. The number of ketones is 1. The summed E-state index contributed by atoms with van der Waals surface area (Å²) in [6, 6.07) is 3.31. The predicted molar refractivity (Wildman–Crippen MR) is 67.3 cm³/mol. The average molecular weight is 258 g/mol. The molecule has 0 saturated carbocycles. The fraction of sp³-hybridized carbons (Fsp3) is 0.417. The zero-order chi connectivity index (χ0) is 11.7. The number of fused-ring (bicyclic) bond motifs is 1. The van der Waals surface area contributed by atoms with E-state index in [4.69, 9.17) is 15.2 Å². The van der Waals surface area contributed by atoms with Gasteiger partial charge in [0.1, 0.15) is 0 Å². The van der Waals surface area contributed by atoms with Crippen LogP contribution in [0.2, 0.25) is 0 Å². The van der Waals surface area contributed by atoms with Crippen LogP contribution in [0.1, 0.15) is 35.3 Å². The van der Waals surface area contributed by atoms with Crippen molar-refractivity contribution in [2.75, 3.05) is 13.7 Å². The van der Waals surface area contributed by atoms with E-state index >= 15 is 0 Å². The van der Waals surface area contributed by atoms with E-state index in [9.17, 15) is 4.79 Å². The third kappa shape index (κ3) is 2.37. The van der Waals surface area contributed by atoms with Gasteiger partial charge in [-0.3, -0.25) is 4.79 Å². The third-order valence-electron chi connectivity index (χ3n) is 2.74. The minimum atomic E-state index is -0.216. The Labute approximate surface area is 106 Å². The van der Waals surface area contributed by atoms with Crippen molar-refractivity contribution in [3.63, 3.8) is 0 Å². The summed E-state index contributed by atoms with van der Waals surface area (Å²) < 4.78 is 10.6. The summed E-state index contributed by atoms with van der Waals surface area (Å²) in [6.07, 6.45) is 0.369. The largest absolute Gasteiger partial charge is 0.493 e. The number of hydrogen-bond acceptors (Lipinski definition) is 4. The first kappa shape index (κ1) is 13.8. The molecule has 1 atom stereocenters. The SMILES string of the molecule is CCOc1cc2c(cc1OC)C(N)CC2=O.Cl.